The second-order valence-corrected chi connectivity index (χ2v) is 5.14. The zero-order valence-corrected chi connectivity index (χ0v) is 13.0. The summed E-state index contributed by atoms with van der Waals surface area (Å²) < 4.78 is 0. The Morgan fingerprint density at radius 3 is 2.30 bits per heavy atom. The molecule has 3 nitrogen and oxygen atoms in total. The van der Waals surface area contributed by atoms with E-state index in [1.807, 2.05) is 79.7 Å². The number of nitriles is 1. The number of nitrogens with zero attached hydrogens (tertiary/aromatic N) is 1. The Hall–Kier alpha value is -3.12. The lowest BCUT2D eigenvalue weighted by Gasteiger charge is -2.04. The Morgan fingerprint density at radius 1 is 1.09 bits per heavy atom. The summed E-state index contributed by atoms with van der Waals surface area (Å²) in [4.78, 5) is 12.1. The molecule has 2 rings (SSSR count). The standard InChI is InChI=1S/C20H18N2O/c1-16(12-17-8-4-2-5-9-17)13-19(14-21)20(23)22-15-18-10-6-3-7-11-18/h2-13H,15H2,1H3,(H,22,23)/b16-12+,19-13-. The maximum Gasteiger partial charge on any atom is 0.262 e. The maximum absolute atomic E-state index is 12.1. The molecule has 0 fully saturated rings. The van der Waals surface area contributed by atoms with Gasteiger partial charge in [0.2, 0.25) is 0 Å². The first kappa shape index (κ1) is 16.3. The molecule has 1 N–H and O–H groups in total. The van der Waals surface area contributed by atoms with Gasteiger partial charge < -0.3 is 5.32 Å². The van der Waals surface area contributed by atoms with Crippen molar-refractivity contribution in [2.45, 2.75) is 13.5 Å². The normalized spacial score (nSPS) is 11.7. The van der Waals surface area contributed by atoms with Crippen molar-refractivity contribution in [1.29, 1.82) is 5.26 Å². The van der Waals surface area contributed by atoms with E-state index in [1.165, 1.54) is 0 Å². The first-order valence-electron chi connectivity index (χ1n) is 7.36. The minimum atomic E-state index is -0.364. The van der Waals surface area contributed by atoms with Crippen LogP contribution in [-0.2, 0) is 11.3 Å². The summed E-state index contributed by atoms with van der Waals surface area (Å²) in [6, 6.07) is 21.3. The molecule has 0 atom stereocenters. The molecular weight excluding hydrogens is 284 g/mol. The summed E-state index contributed by atoms with van der Waals surface area (Å²) in [5, 5.41) is 12.0. The van der Waals surface area contributed by atoms with E-state index in [4.69, 9.17) is 0 Å². The van der Waals surface area contributed by atoms with Gasteiger partial charge in [0.15, 0.2) is 0 Å². The molecule has 0 bridgehead atoms. The Labute approximate surface area is 136 Å². The lowest BCUT2D eigenvalue weighted by molar-refractivity contribution is -0.117. The van der Waals surface area contributed by atoms with Crippen LogP contribution in [0.1, 0.15) is 18.1 Å². The van der Waals surface area contributed by atoms with Crippen molar-refractivity contribution in [2.24, 2.45) is 0 Å². The lowest BCUT2D eigenvalue weighted by atomic mass is 10.1. The van der Waals surface area contributed by atoms with E-state index in [-0.39, 0.29) is 11.5 Å². The van der Waals surface area contributed by atoms with Crippen LogP contribution in [0.4, 0.5) is 0 Å². The summed E-state index contributed by atoms with van der Waals surface area (Å²) in [7, 11) is 0. The van der Waals surface area contributed by atoms with Crippen LogP contribution in [0.2, 0.25) is 0 Å². The highest BCUT2D eigenvalue weighted by molar-refractivity contribution is 5.97. The summed E-state index contributed by atoms with van der Waals surface area (Å²) in [5.41, 5.74) is 2.98. The van der Waals surface area contributed by atoms with Gasteiger partial charge in [-0.3, -0.25) is 4.79 Å². The van der Waals surface area contributed by atoms with Crippen LogP contribution < -0.4 is 5.32 Å². The van der Waals surface area contributed by atoms with Crippen LogP contribution in [-0.4, -0.2) is 5.91 Å². The van der Waals surface area contributed by atoms with Crippen molar-refractivity contribution in [3.8, 4) is 6.07 Å². The Bertz CT molecular complexity index is 753. The number of amides is 1. The first-order chi connectivity index (χ1) is 11.2. The van der Waals surface area contributed by atoms with E-state index < -0.39 is 0 Å². The minimum Gasteiger partial charge on any atom is -0.347 e. The van der Waals surface area contributed by atoms with Gasteiger partial charge in [0.05, 0.1) is 0 Å². The third kappa shape index (κ3) is 5.29. The van der Waals surface area contributed by atoms with Gasteiger partial charge in [0, 0.05) is 6.54 Å². The van der Waals surface area contributed by atoms with Crippen molar-refractivity contribution in [2.75, 3.05) is 0 Å². The van der Waals surface area contributed by atoms with E-state index in [2.05, 4.69) is 5.32 Å². The molecule has 0 spiro atoms. The number of benzene rings is 2. The molecule has 0 aromatic heterocycles. The molecule has 0 aliphatic heterocycles. The molecule has 0 radical (unpaired) electrons. The molecule has 1 amide bonds. The average molecular weight is 302 g/mol. The third-order valence-electron chi connectivity index (χ3n) is 3.23. The van der Waals surface area contributed by atoms with Crippen LogP contribution in [0, 0.1) is 11.3 Å². The Balaban J connectivity index is 2.04. The molecule has 2 aromatic rings. The lowest BCUT2D eigenvalue weighted by Crippen LogP contribution is -2.24. The highest BCUT2D eigenvalue weighted by Gasteiger charge is 2.08. The number of carbonyl (C=O) groups excluding carboxylic acids is 1. The van der Waals surface area contributed by atoms with Gasteiger partial charge in [-0.2, -0.15) is 5.26 Å². The maximum atomic E-state index is 12.1. The van der Waals surface area contributed by atoms with Gasteiger partial charge in [0.1, 0.15) is 11.6 Å². The summed E-state index contributed by atoms with van der Waals surface area (Å²) >= 11 is 0. The number of nitrogens with one attached hydrogen (secondary N) is 1. The highest BCUT2D eigenvalue weighted by Crippen LogP contribution is 2.09. The van der Waals surface area contributed by atoms with E-state index in [0.717, 1.165) is 16.7 Å². The molecule has 3 heteroatoms. The molecule has 114 valence electrons. The van der Waals surface area contributed by atoms with Gasteiger partial charge in [0.25, 0.3) is 5.91 Å². The van der Waals surface area contributed by atoms with Crippen molar-refractivity contribution >= 4 is 12.0 Å². The molecule has 23 heavy (non-hydrogen) atoms. The summed E-state index contributed by atoms with van der Waals surface area (Å²) in [5.74, 6) is -0.364. The van der Waals surface area contributed by atoms with Crippen molar-refractivity contribution in [3.05, 3.63) is 89.0 Å². The van der Waals surface area contributed by atoms with Gasteiger partial charge in [-0.05, 0) is 29.7 Å². The van der Waals surface area contributed by atoms with Gasteiger partial charge in [-0.1, -0.05) is 66.7 Å². The van der Waals surface area contributed by atoms with E-state index in [9.17, 15) is 10.1 Å². The smallest absolute Gasteiger partial charge is 0.262 e. The van der Waals surface area contributed by atoms with Gasteiger partial charge in [-0.15, -0.1) is 0 Å². The molecule has 0 saturated carbocycles. The second-order valence-electron chi connectivity index (χ2n) is 5.14. The topological polar surface area (TPSA) is 52.9 Å². The van der Waals surface area contributed by atoms with Crippen LogP contribution in [0.15, 0.2) is 77.9 Å². The van der Waals surface area contributed by atoms with Crippen molar-refractivity contribution < 1.29 is 4.79 Å². The summed E-state index contributed by atoms with van der Waals surface area (Å²) in [6.07, 6.45) is 3.54. The SMILES string of the molecule is CC(/C=C(/C#N)C(=O)NCc1ccccc1)=C\c1ccccc1. The fourth-order valence-electron chi connectivity index (χ4n) is 2.10. The second kappa shape index (κ2) is 8.35. The molecule has 0 aliphatic rings. The molecular formula is C20H18N2O. The molecule has 0 saturated heterocycles. The first-order valence-corrected chi connectivity index (χ1v) is 7.36. The number of carbonyl (C=O) groups is 1. The molecule has 2 aromatic carbocycles. The zero-order valence-electron chi connectivity index (χ0n) is 13.0. The van der Waals surface area contributed by atoms with Gasteiger partial charge >= 0.3 is 0 Å². The summed E-state index contributed by atoms with van der Waals surface area (Å²) in [6.45, 7) is 2.27. The van der Waals surface area contributed by atoms with Crippen molar-refractivity contribution in [1.82, 2.24) is 5.32 Å². The number of allylic oxidation sites excluding steroid dienone is 2. The largest absolute Gasteiger partial charge is 0.347 e. The molecule has 0 aliphatic carbocycles. The minimum absolute atomic E-state index is 0.102. The van der Waals surface area contributed by atoms with Crippen LogP contribution in [0.25, 0.3) is 6.08 Å². The fourth-order valence-corrected chi connectivity index (χ4v) is 2.10. The van der Waals surface area contributed by atoms with E-state index in [0.29, 0.717) is 6.54 Å². The van der Waals surface area contributed by atoms with Crippen molar-refractivity contribution in [3.63, 3.8) is 0 Å². The number of hydrogen-bond acceptors (Lipinski definition) is 2. The Morgan fingerprint density at radius 2 is 1.70 bits per heavy atom. The quantitative estimate of drug-likeness (QED) is 0.518. The van der Waals surface area contributed by atoms with Crippen LogP contribution >= 0.6 is 0 Å². The van der Waals surface area contributed by atoms with Crippen LogP contribution in [0.5, 0.6) is 0 Å². The average Bonchev–Trinajstić information content (AvgIpc) is 2.59. The van der Waals surface area contributed by atoms with E-state index >= 15 is 0 Å². The van der Waals surface area contributed by atoms with E-state index in [1.54, 1.807) is 6.08 Å². The fraction of sp³-hybridized carbons (Fsp3) is 0.100. The Kier molecular flexibility index (Phi) is 5.90. The molecule has 0 heterocycles. The monoisotopic (exact) mass is 302 g/mol. The predicted octanol–water partition coefficient (Wildman–Crippen LogP) is 3.86. The predicted molar refractivity (Wildman–Crippen MR) is 92.1 cm³/mol. The highest BCUT2D eigenvalue weighted by atomic mass is 16.1. The number of rotatable bonds is 5. The third-order valence-corrected chi connectivity index (χ3v) is 3.23. The number of hydrogen-bond donors (Lipinski definition) is 1. The van der Waals surface area contributed by atoms with Gasteiger partial charge in [-0.25, -0.2) is 0 Å². The molecule has 0 unspecified atom stereocenters. The van der Waals surface area contributed by atoms with Crippen LogP contribution in [0.3, 0.4) is 0 Å². The zero-order chi connectivity index (χ0) is 16.5.